The molecule has 2 N–H and O–H groups in total. The number of sulfonamides is 1. The lowest BCUT2D eigenvalue weighted by atomic mass is 10.2. The number of primary sulfonamides is 1. The van der Waals surface area contributed by atoms with Crippen molar-refractivity contribution < 1.29 is 31.9 Å². The normalized spacial score (nSPS) is 11.1. The summed E-state index contributed by atoms with van der Waals surface area (Å²) in [4.78, 5) is 23.3. The van der Waals surface area contributed by atoms with Crippen molar-refractivity contribution in [1.29, 1.82) is 0 Å². The van der Waals surface area contributed by atoms with Crippen molar-refractivity contribution in [3.63, 3.8) is 0 Å². The van der Waals surface area contributed by atoms with Crippen molar-refractivity contribution >= 4 is 33.6 Å². The molecule has 2 rings (SSSR count). The number of benzene rings is 1. The lowest BCUT2D eigenvalue weighted by molar-refractivity contribution is 0.0432. The van der Waals surface area contributed by atoms with Gasteiger partial charge in [0.15, 0.2) is 12.4 Å². The largest absolute Gasteiger partial charge is 0.465 e. The summed E-state index contributed by atoms with van der Waals surface area (Å²) in [6, 6.07) is 4.74. The zero-order valence-corrected chi connectivity index (χ0v) is 13.9. The van der Waals surface area contributed by atoms with Gasteiger partial charge in [-0.15, -0.1) is 0 Å². The van der Waals surface area contributed by atoms with E-state index in [4.69, 9.17) is 25.9 Å². The first-order valence-electron chi connectivity index (χ1n) is 6.38. The maximum atomic E-state index is 12.1. The van der Waals surface area contributed by atoms with E-state index in [9.17, 15) is 18.0 Å². The number of hydrogen-bond acceptors (Lipinski definition) is 7. The van der Waals surface area contributed by atoms with Crippen LogP contribution in [0.1, 0.15) is 26.5 Å². The number of methoxy groups -OCH3 is 1. The number of hydrogen-bond donors (Lipinski definition) is 1. The van der Waals surface area contributed by atoms with Crippen LogP contribution in [0.5, 0.6) is 0 Å². The average Bonchev–Trinajstić information content (AvgIpc) is 2.99. The molecule has 8 nitrogen and oxygen atoms in total. The Morgan fingerprint density at radius 3 is 2.54 bits per heavy atom. The molecule has 0 saturated carbocycles. The van der Waals surface area contributed by atoms with Crippen LogP contribution in [-0.2, 0) is 26.1 Å². The third-order valence-corrected chi connectivity index (χ3v) is 4.21. The minimum Gasteiger partial charge on any atom is -0.465 e. The predicted octanol–water partition coefficient (Wildman–Crippen LogP) is 1.72. The molecule has 0 amide bonds. The van der Waals surface area contributed by atoms with E-state index in [1.54, 1.807) is 0 Å². The van der Waals surface area contributed by atoms with Crippen molar-refractivity contribution in [3.05, 3.63) is 52.4 Å². The van der Waals surface area contributed by atoms with E-state index >= 15 is 0 Å². The van der Waals surface area contributed by atoms with E-state index < -0.39 is 22.0 Å². The summed E-state index contributed by atoms with van der Waals surface area (Å²) >= 11 is 5.87. The summed E-state index contributed by atoms with van der Waals surface area (Å²) in [6.45, 7) is -0.369. The van der Waals surface area contributed by atoms with Gasteiger partial charge in [0.2, 0.25) is 10.0 Å². The number of esters is 2. The van der Waals surface area contributed by atoms with E-state index in [-0.39, 0.29) is 33.4 Å². The van der Waals surface area contributed by atoms with Crippen LogP contribution in [0, 0.1) is 0 Å². The van der Waals surface area contributed by atoms with Gasteiger partial charge in [-0.3, -0.25) is 0 Å². The van der Waals surface area contributed by atoms with Gasteiger partial charge in [-0.05, 0) is 24.3 Å². The van der Waals surface area contributed by atoms with Crippen LogP contribution in [0.2, 0.25) is 5.02 Å². The summed E-state index contributed by atoms with van der Waals surface area (Å²) in [7, 11) is -2.80. The van der Waals surface area contributed by atoms with Crippen LogP contribution in [0.3, 0.4) is 0 Å². The Bertz CT molecular complexity index is 888. The van der Waals surface area contributed by atoms with Crippen LogP contribution >= 0.6 is 11.6 Å². The van der Waals surface area contributed by atoms with Gasteiger partial charge in [-0.25, -0.2) is 23.1 Å². The van der Waals surface area contributed by atoms with Crippen molar-refractivity contribution in [1.82, 2.24) is 0 Å². The van der Waals surface area contributed by atoms with E-state index in [1.165, 1.54) is 25.5 Å². The number of rotatable bonds is 5. The lowest BCUT2D eigenvalue weighted by Crippen LogP contribution is -2.14. The summed E-state index contributed by atoms with van der Waals surface area (Å²) in [5.41, 5.74) is -0.0796. The molecule has 0 aliphatic heterocycles. The number of ether oxygens (including phenoxy) is 2. The van der Waals surface area contributed by atoms with E-state index in [0.717, 1.165) is 12.1 Å². The summed E-state index contributed by atoms with van der Waals surface area (Å²) in [5, 5.41) is 4.99. The topological polar surface area (TPSA) is 126 Å². The molecule has 2 aromatic rings. The van der Waals surface area contributed by atoms with Crippen molar-refractivity contribution in [2.75, 3.05) is 7.11 Å². The van der Waals surface area contributed by atoms with Crippen LogP contribution in [0.15, 0.2) is 39.8 Å². The van der Waals surface area contributed by atoms with Crippen LogP contribution in [-0.4, -0.2) is 27.5 Å². The van der Waals surface area contributed by atoms with Gasteiger partial charge in [0, 0.05) is 0 Å². The quantitative estimate of drug-likeness (QED) is 0.790. The van der Waals surface area contributed by atoms with Crippen molar-refractivity contribution in [3.8, 4) is 0 Å². The van der Waals surface area contributed by atoms with Gasteiger partial charge in [-0.1, -0.05) is 11.6 Å². The Labute approximate surface area is 142 Å². The van der Waals surface area contributed by atoms with Gasteiger partial charge < -0.3 is 13.9 Å². The molecule has 0 bridgehead atoms. The number of carbonyl (C=O) groups is 2. The fraction of sp³-hybridized carbons (Fsp3) is 0.143. The highest BCUT2D eigenvalue weighted by Gasteiger charge is 2.20. The lowest BCUT2D eigenvalue weighted by Gasteiger charge is -2.07. The minimum absolute atomic E-state index is 0.0139. The third kappa shape index (κ3) is 3.94. The Hall–Kier alpha value is -2.36. The average molecular weight is 374 g/mol. The Morgan fingerprint density at radius 1 is 1.21 bits per heavy atom. The van der Waals surface area contributed by atoms with Gasteiger partial charge >= 0.3 is 11.9 Å². The summed E-state index contributed by atoms with van der Waals surface area (Å²) < 4.78 is 37.3. The number of halogens is 1. The summed E-state index contributed by atoms with van der Waals surface area (Å²) in [5.74, 6) is -1.48. The molecule has 24 heavy (non-hydrogen) atoms. The van der Waals surface area contributed by atoms with Crippen molar-refractivity contribution in [2.24, 2.45) is 5.14 Å². The standard InChI is InChI=1S/C14H12ClNO7S/c1-21-13(17)9-4-5-22-12(9)7-23-14(18)10-6-8(24(16,19)20)2-3-11(10)15/h2-6H,7H2,1H3,(H2,16,19,20). The molecule has 0 atom stereocenters. The highest BCUT2D eigenvalue weighted by molar-refractivity contribution is 7.89. The molecule has 0 aliphatic carbocycles. The molecule has 1 aromatic heterocycles. The number of furan rings is 1. The second kappa shape index (κ2) is 7.04. The highest BCUT2D eigenvalue weighted by Crippen LogP contribution is 2.22. The molecule has 1 aromatic carbocycles. The van der Waals surface area contributed by atoms with Gasteiger partial charge in [-0.2, -0.15) is 0 Å². The first kappa shape index (κ1) is 18.0. The highest BCUT2D eigenvalue weighted by atomic mass is 35.5. The zero-order chi connectivity index (χ0) is 17.9. The Balaban J connectivity index is 2.20. The molecule has 0 radical (unpaired) electrons. The molecule has 0 aliphatic rings. The van der Waals surface area contributed by atoms with Crippen LogP contribution < -0.4 is 5.14 Å². The van der Waals surface area contributed by atoms with Gasteiger partial charge in [0.25, 0.3) is 0 Å². The molecule has 10 heteroatoms. The molecule has 0 spiro atoms. The van der Waals surface area contributed by atoms with Gasteiger partial charge in [0.05, 0.1) is 28.9 Å². The van der Waals surface area contributed by atoms with E-state index in [2.05, 4.69) is 4.74 Å². The zero-order valence-electron chi connectivity index (χ0n) is 12.3. The Morgan fingerprint density at radius 2 is 1.92 bits per heavy atom. The predicted molar refractivity (Wildman–Crippen MR) is 82.0 cm³/mol. The van der Waals surface area contributed by atoms with E-state index in [0.29, 0.717) is 0 Å². The third-order valence-electron chi connectivity index (χ3n) is 2.97. The van der Waals surface area contributed by atoms with Crippen LogP contribution in [0.4, 0.5) is 0 Å². The molecular weight excluding hydrogens is 362 g/mol. The molecular formula is C14H12ClNO7S. The molecule has 1 heterocycles. The monoisotopic (exact) mass is 373 g/mol. The fourth-order valence-corrected chi connectivity index (χ4v) is 2.53. The molecule has 0 unspecified atom stereocenters. The van der Waals surface area contributed by atoms with Crippen molar-refractivity contribution in [2.45, 2.75) is 11.5 Å². The van der Waals surface area contributed by atoms with Crippen LogP contribution in [0.25, 0.3) is 0 Å². The van der Waals surface area contributed by atoms with E-state index in [1.807, 2.05) is 0 Å². The maximum absolute atomic E-state index is 12.1. The number of nitrogens with two attached hydrogens (primary N) is 1. The second-order valence-electron chi connectivity index (χ2n) is 4.51. The minimum atomic E-state index is -4.00. The first-order chi connectivity index (χ1) is 11.2. The smallest absolute Gasteiger partial charge is 0.341 e. The fourth-order valence-electron chi connectivity index (χ4n) is 1.79. The molecule has 128 valence electrons. The SMILES string of the molecule is COC(=O)c1ccoc1COC(=O)c1cc(S(N)(=O)=O)ccc1Cl. The van der Waals surface area contributed by atoms with Gasteiger partial charge in [0.1, 0.15) is 5.56 Å². The molecule has 0 saturated heterocycles. The second-order valence-corrected chi connectivity index (χ2v) is 6.48. The maximum Gasteiger partial charge on any atom is 0.341 e. The summed E-state index contributed by atoms with van der Waals surface area (Å²) in [6.07, 6.45) is 1.24. The molecule has 0 fully saturated rings. The first-order valence-corrected chi connectivity index (χ1v) is 8.30. The number of carbonyl (C=O) groups excluding carboxylic acids is 2. The Kier molecular flexibility index (Phi) is 5.27.